The van der Waals surface area contributed by atoms with E-state index >= 15 is 0 Å². The minimum Gasteiger partial charge on any atom is -0.347 e. The summed E-state index contributed by atoms with van der Waals surface area (Å²) in [6.45, 7) is 12.4. The van der Waals surface area contributed by atoms with E-state index in [1.807, 2.05) is 12.4 Å². The van der Waals surface area contributed by atoms with Crippen LogP contribution in [0.15, 0.2) is 65.9 Å². The number of amides is 1. The summed E-state index contributed by atoms with van der Waals surface area (Å²) >= 11 is 0. The van der Waals surface area contributed by atoms with Crippen LogP contribution in [0, 0.1) is 22.7 Å². The van der Waals surface area contributed by atoms with E-state index in [9.17, 15) is 27.2 Å². The molecule has 2 saturated carbocycles. The van der Waals surface area contributed by atoms with Gasteiger partial charge >= 0.3 is 0 Å². The van der Waals surface area contributed by atoms with Crippen LogP contribution >= 0.6 is 0 Å². The van der Waals surface area contributed by atoms with Crippen LogP contribution in [0.4, 0.5) is 17.6 Å². The second-order valence-corrected chi connectivity index (χ2v) is 18.8. The van der Waals surface area contributed by atoms with Crippen LogP contribution in [0.3, 0.4) is 0 Å². The number of H-pyrrole nitrogens is 1. The molecule has 3 aliphatic rings. The van der Waals surface area contributed by atoms with Crippen LogP contribution in [0.5, 0.6) is 0 Å². The van der Waals surface area contributed by atoms with Crippen LogP contribution in [0.25, 0.3) is 38.4 Å². The number of rotatable bonds is 9. The summed E-state index contributed by atoms with van der Waals surface area (Å²) < 4.78 is 55.0. The number of halogens is 4. The summed E-state index contributed by atoms with van der Waals surface area (Å²) in [5.41, 5.74) is 4.22. The summed E-state index contributed by atoms with van der Waals surface area (Å²) in [4.78, 5) is 39.6. The number of allylic oxidation sites excluding steroid dienone is 1. The van der Waals surface area contributed by atoms with Crippen molar-refractivity contribution in [2.75, 3.05) is 0 Å². The molecule has 1 aliphatic heterocycles. The van der Waals surface area contributed by atoms with E-state index in [1.165, 1.54) is 0 Å². The van der Waals surface area contributed by atoms with Gasteiger partial charge in [0.1, 0.15) is 11.6 Å². The van der Waals surface area contributed by atoms with E-state index in [0.717, 1.165) is 55.5 Å². The average Bonchev–Trinajstić information content (AvgIpc) is 3.81. The van der Waals surface area contributed by atoms with Gasteiger partial charge in [-0.25, -0.2) is 22.5 Å². The van der Waals surface area contributed by atoms with Crippen molar-refractivity contribution in [1.82, 2.24) is 15.3 Å². The molecule has 1 amide bonds. The first kappa shape index (κ1) is 39.9. The molecule has 2 fully saturated rings. The van der Waals surface area contributed by atoms with Crippen molar-refractivity contribution in [2.45, 2.75) is 130 Å². The normalized spacial score (nSPS) is 20.5. The van der Waals surface area contributed by atoms with E-state index in [4.69, 9.17) is 9.98 Å². The average molecular weight is 771 g/mol. The first-order chi connectivity index (χ1) is 26.2. The molecule has 298 valence electrons. The second-order valence-electron chi connectivity index (χ2n) is 18.8. The molecule has 1 aromatic heterocycles. The minimum atomic E-state index is -2.68. The number of aliphatic imine (C=N–C) groups is 1. The number of carbonyl (C=O) groups is 2. The van der Waals surface area contributed by atoms with Gasteiger partial charge in [-0.1, -0.05) is 65.8 Å². The Balaban J connectivity index is 1.04. The lowest BCUT2D eigenvalue weighted by Crippen LogP contribution is -2.51. The number of alkyl halides is 4. The molecule has 7 rings (SSSR count). The monoisotopic (exact) mass is 770 g/mol. The quantitative estimate of drug-likeness (QED) is 0.131. The van der Waals surface area contributed by atoms with Gasteiger partial charge in [0, 0.05) is 73.8 Å². The van der Waals surface area contributed by atoms with Crippen molar-refractivity contribution in [3.63, 3.8) is 0 Å². The van der Waals surface area contributed by atoms with Crippen molar-refractivity contribution < 1.29 is 27.2 Å². The van der Waals surface area contributed by atoms with E-state index in [-0.39, 0.29) is 98.2 Å². The summed E-state index contributed by atoms with van der Waals surface area (Å²) in [6.07, 6.45) is 4.47. The first-order valence-corrected chi connectivity index (χ1v) is 20.1. The molecule has 2 heterocycles. The van der Waals surface area contributed by atoms with Crippen LogP contribution in [0.2, 0.25) is 0 Å². The molecule has 2 N–H and O–H groups in total. The number of nitrogens with zero attached hydrogens (tertiary/aromatic N) is 2. The van der Waals surface area contributed by atoms with Gasteiger partial charge in [-0.2, -0.15) is 0 Å². The van der Waals surface area contributed by atoms with Gasteiger partial charge in [0.15, 0.2) is 0 Å². The van der Waals surface area contributed by atoms with Crippen LogP contribution in [-0.4, -0.2) is 45.3 Å². The molecule has 0 bridgehead atoms. The van der Waals surface area contributed by atoms with E-state index in [1.54, 1.807) is 0 Å². The molecule has 0 saturated heterocycles. The molecular formula is C46H54F4N4O2. The lowest BCUT2D eigenvalue weighted by Gasteiger charge is -2.34. The zero-order valence-electron chi connectivity index (χ0n) is 33.4. The summed E-state index contributed by atoms with van der Waals surface area (Å²) in [6, 6.07) is 16.7. The van der Waals surface area contributed by atoms with Crippen molar-refractivity contribution in [1.29, 1.82) is 0 Å². The summed E-state index contributed by atoms with van der Waals surface area (Å²) in [5.74, 6) is -5.65. The number of ketones is 1. The summed E-state index contributed by atoms with van der Waals surface area (Å²) in [5, 5.41) is 7.53. The Kier molecular flexibility index (Phi) is 10.6. The van der Waals surface area contributed by atoms with Crippen LogP contribution in [0.1, 0.15) is 123 Å². The number of nitrogens with one attached hydrogen (secondary N) is 2. The highest BCUT2D eigenvalue weighted by atomic mass is 19.3. The van der Waals surface area contributed by atoms with Crippen molar-refractivity contribution in [3.05, 3.63) is 72.3 Å². The number of Topliss-reactive ketones (excluding diaryl/α,β-unsaturated/α-hetero) is 1. The Morgan fingerprint density at radius 1 is 0.768 bits per heavy atom. The van der Waals surface area contributed by atoms with Gasteiger partial charge in [0.25, 0.3) is 0 Å². The largest absolute Gasteiger partial charge is 0.347 e. The van der Waals surface area contributed by atoms with Gasteiger partial charge in [-0.3, -0.25) is 14.6 Å². The van der Waals surface area contributed by atoms with Crippen molar-refractivity contribution in [3.8, 4) is 11.3 Å². The minimum absolute atomic E-state index is 0.0438. The predicted octanol–water partition coefficient (Wildman–Crippen LogP) is 11.8. The molecule has 2 aliphatic carbocycles. The molecular weight excluding hydrogens is 717 g/mol. The maximum absolute atomic E-state index is 13.8. The van der Waals surface area contributed by atoms with Crippen LogP contribution in [-0.2, 0) is 9.59 Å². The lowest BCUT2D eigenvalue weighted by atomic mass is 9.74. The molecule has 2 atom stereocenters. The number of carbonyl (C=O) groups excluding carboxylic acids is 2. The van der Waals surface area contributed by atoms with Crippen molar-refractivity contribution >= 4 is 44.5 Å². The smallest absolute Gasteiger partial charge is 0.248 e. The SMILES string of the molecule is CC(C)(C)[C@H](NC(=O)C1CCC(F)(F)CC1)C1=NC=C(c2ccc3cc4cc(-c5cnc([C@@H](CC(=O)C6CCC(F)(F)CC6)C(C)(C)C)[nH]5)ccc4cc3c2)C1. The van der Waals surface area contributed by atoms with Gasteiger partial charge < -0.3 is 10.3 Å². The topological polar surface area (TPSA) is 87.2 Å². The van der Waals surface area contributed by atoms with Crippen LogP contribution < -0.4 is 5.32 Å². The summed E-state index contributed by atoms with van der Waals surface area (Å²) in [7, 11) is 0. The number of imidazole rings is 1. The zero-order chi connectivity index (χ0) is 40.2. The number of benzene rings is 3. The van der Waals surface area contributed by atoms with E-state index in [2.05, 4.69) is 100 Å². The number of aromatic nitrogens is 2. The van der Waals surface area contributed by atoms with E-state index < -0.39 is 17.8 Å². The lowest BCUT2D eigenvalue weighted by molar-refractivity contribution is -0.130. The Morgan fingerprint density at radius 2 is 1.32 bits per heavy atom. The van der Waals surface area contributed by atoms with Gasteiger partial charge in [0.2, 0.25) is 17.8 Å². The fraction of sp³-hybridized carbons (Fsp3) is 0.522. The van der Waals surface area contributed by atoms with Gasteiger partial charge in [-0.05, 0) is 93.5 Å². The molecule has 4 aromatic rings. The number of aromatic amines is 1. The fourth-order valence-electron chi connectivity index (χ4n) is 8.73. The second kappa shape index (κ2) is 14.9. The standard InChI is InChI=1S/C46H54F4N4O2/c1-43(2,3)36(24-39(55)27-11-15-45(47,48)16-12-27)41-52-26-38(53-41)32-10-9-30-19-33-21-31(8-7-29(33)20-34(30)22-32)35-23-37(51-25-35)40(44(4,5)6)54-42(56)28-13-17-46(49,50)18-14-28/h7-10,19-22,25-28,36,40H,11-18,23-24H2,1-6H3,(H,52,53)(H,54,56)/t36-,40-/m1/s1. The Bertz CT molecular complexity index is 2190. The van der Waals surface area contributed by atoms with E-state index in [0.29, 0.717) is 6.42 Å². The highest BCUT2D eigenvalue weighted by molar-refractivity contribution is 6.05. The third-order valence-corrected chi connectivity index (χ3v) is 12.4. The molecule has 0 unspecified atom stereocenters. The predicted molar refractivity (Wildman–Crippen MR) is 216 cm³/mol. The molecule has 56 heavy (non-hydrogen) atoms. The highest BCUT2D eigenvalue weighted by Gasteiger charge is 2.41. The molecule has 6 nitrogen and oxygen atoms in total. The number of fused-ring (bicyclic) bond motifs is 2. The van der Waals surface area contributed by atoms with Gasteiger partial charge in [0.05, 0.1) is 17.9 Å². The Labute approximate surface area is 327 Å². The maximum atomic E-state index is 13.8. The third-order valence-electron chi connectivity index (χ3n) is 12.4. The molecule has 0 radical (unpaired) electrons. The number of hydrogen-bond acceptors (Lipinski definition) is 4. The molecule has 3 aromatic carbocycles. The van der Waals surface area contributed by atoms with Crippen molar-refractivity contribution in [2.24, 2.45) is 27.7 Å². The molecule has 10 heteroatoms. The maximum Gasteiger partial charge on any atom is 0.248 e. The number of hydrogen-bond donors (Lipinski definition) is 2. The Morgan fingerprint density at radius 3 is 1.89 bits per heavy atom. The zero-order valence-corrected chi connectivity index (χ0v) is 33.4. The third kappa shape index (κ3) is 8.79. The fourth-order valence-corrected chi connectivity index (χ4v) is 8.73. The first-order valence-electron chi connectivity index (χ1n) is 20.1. The highest BCUT2D eigenvalue weighted by Crippen LogP contribution is 2.42. The van der Waals surface area contributed by atoms with Gasteiger partial charge in [-0.15, -0.1) is 0 Å². The Hall–Kier alpha value is -4.34. The molecule has 0 spiro atoms.